The number of hydrazone groups is 1. The van der Waals surface area contributed by atoms with E-state index in [-0.39, 0.29) is 11.8 Å². The highest BCUT2D eigenvalue weighted by atomic mass is 32.2. The van der Waals surface area contributed by atoms with Crippen molar-refractivity contribution < 1.29 is 9.59 Å². The Kier molecular flexibility index (Phi) is 14.6. The van der Waals surface area contributed by atoms with E-state index in [9.17, 15) is 9.59 Å². The summed E-state index contributed by atoms with van der Waals surface area (Å²) in [5.41, 5.74) is 2.85. The molecule has 0 saturated carbocycles. The van der Waals surface area contributed by atoms with Gasteiger partial charge in [-0.25, -0.2) is 0 Å². The molecule has 1 unspecified atom stereocenters. The van der Waals surface area contributed by atoms with Gasteiger partial charge < -0.3 is 5.32 Å². The van der Waals surface area contributed by atoms with Gasteiger partial charge in [0.05, 0.1) is 17.1 Å². The zero-order valence-corrected chi connectivity index (χ0v) is 27.8. The number of nitrogens with one attached hydrogen (secondary N) is 1. The number of carbonyl (C=O) groups is 2. The van der Waals surface area contributed by atoms with Crippen molar-refractivity contribution in [2.75, 3.05) is 10.3 Å². The fourth-order valence-corrected chi connectivity index (χ4v) is 6.48. The first kappa shape index (κ1) is 34.3. The molecule has 242 valence electrons. The lowest BCUT2D eigenvalue weighted by Gasteiger charge is -2.15. The predicted molar refractivity (Wildman–Crippen MR) is 184 cm³/mol. The molecule has 1 N–H and O–H groups in total. The molecule has 2 aromatic carbocycles. The minimum atomic E-state index is -0.534. The van der Waals surface area contributed by atoms with Gasteiger partial charge in [0, 0.05) is 12.1 Å². The molecule has 0 bridgehead atoms. The van der Waals surface area contributed by atoms with E-state index in [1.165, 1.54) is 100 Å². The highest BCUT2D eigenvalue weighted by molar-refractivity contribution is 8.01. The summed E-state index contributed by atoms with van der Waals surface area (Å²) in [4.78, 5) is 25.8. The van der Waals surface area contributed by atoms with Crippen molar-refractivity contribution in [3.63, 3.8) is 0 Å². The van der Waals surface area contributed by atoms with Crippen molar-refractivity contribution in [1.29, 1.82) is 0 Å². The lowest BCUT2D eigenvalue weighted by molar-refractivity contribution is -0.117. The molecule has 45 heavy (non-hydrogen) atoms. The Morgan fingerprint density at radius 2 is 1.36 bits per heavy atom. The summed E-state index contributed by atoms with van der Waals surface area (Å²) < 4.78 is 1.62. The normalized spacial score (nSPS) is 14.6. The second-order valence-electron chi connectivity index (χ2n) is 11.9. The molecule has 0 spiro atoms. The van der Waals surface area contributed by atoms with Gasteiger partial charge >= 0.3 is 0 Å². The molecule has 10 heteroatoms. The number of amides is 2. The van der Waals surface area contributed by atoms with Crippen LogP contribution >= 0.6 is 11.8 Å². The summed E-state index contributed by atoms with van der Waals surface area (Å²) in [7, 11) is 0. The van der Waals surface area contributed by atoms with Crippen molar-refractivity contribution in [3.05, 3.63) is 54.6 Å². The Balaban J connectivity index is 1.10. The number of aromatic nitrogens is 4. The van der Waals surface area contributed by atoms with Crippen molar-refractivity contribution in [2.24, 2.45) is 5.10 Å². The van der Waals surface area contributed by atoms with E-state index in [0.29, 0.717) is 28.7 Å². The van der Waals surface area contributed by atoms with Crippen LogP contribution in [0.4, 0.5) is 11.4 Å². The zero-order valence-electron chi connectivity index (χ0n) is 27.0. The third kappa shape index (κ3) is 11.1. The van der Waals surface area contributed by atoms with E-state index in [2.05, 4.69) is 32.9 Å². The van der Waals surface area contributed by atoms with Crippen LogP contribution in [0.25, 0.3) is 5.69 Å². The summed E-state index contributed by atoms with van der Waals surface area (Å²) in [6, 6.07) is 16.8. The highest BCUT2D eigenvalue weighted by Crippen LogP contribution is 2.32. The number of carbonyl (C=O) groups excluding carboxylic acids is 2. The van der Waals surface area contributed by atoms with Crippen molar-refractivity contribution in [1.82, 2.24) is 20.2 Å². The fourth-order valence-electron chi connectivity index (χ4n) is 5.53. The molecule has 4 rings (SSSR count). The third-order valence-corrected chi connectivity index (χ3v) is 9.38. The Labute approximate surface area is 272 Å². The summed E-state index contributed by atoms with van der Waals surface area (Å²) in [6.07, 6.45) is 20.1. The minimum Gasteiger partial charge on any atom is -0.326 e. The van der Waals surface area contributed by atoms with Crippen LogP contribution in [-0.4, -0.2) is 43.0 Å². The summed E-state index contributed by atoms with van der Waals surface area (Å²) in [6.45, 7) is 4.10. The molecule has 0 radical (unpaired) electrons. The molecule has 0 aliphatic carbocycles. The molecule has 0 saturated heterocycles. The van der Waals surface area contributed by atoms with Gasteiger partial charge in [-0.2, -0.15) is 14.8 Å². The van der Waals surface area contributed by atoms with Gasteiger partial charge in [0.2, 0.25) is 11.1 Å². The van der Waals surface area contributed by atoms with Crippen LogP contribution in [0.2, 0.25) is 0 Å². The average molecular weight is 632 g/mol. The smallest absolute Gasteiger partial charge is 0.266 e. The number of benzene rings is 2. The van der Waals surface area contributed by atoms with Crippen LogP contribution in [0.3, 0.4) is 0 Å². The van der Waals surface area contributed by atoms with E-state index in [4.69, 9.17) is 0 Å². The number of anilines is 2. The number of hydrogen-bond donors (Lipinski definition) is 1. The lowest BCUT2D eigenvalue weighted by Crippen LogP contribution is -2.29. The van der Waals surface area contributed by atoms with Gasteiger partial charge in [-0.15, -0.1) is 5.10 Å². The van der Waals surface area contributed by atoms with Crippen LogP contribution in [0, 0.1) is 0 Å². The number of hydrogen-bond acceptors (Lipinski definition) is 7. The Hall–Kier alpha value is -3.53. The number of unbranched alkanes of at least 4 members (excludes halogenated alkanes) is 14. The van der Waals surface area contributed by atoms with Crippen molar-refractivity contribution in [3.8, 4) is 5.69 Å². The van der Waals surface area contributed by atoms with E-state index >= 15 is 0 Å². The molecular formula is C35H49N7O2S. The fraction of sp³-hybridized carbons (Fsp3) is 0.543. The third-order valence-electron chi connectivity index (χ3n) is 8.14. The molecule has 1 aliphatic heterocycles. The molecule has 1 aliphatic rings. The molecule has 0 fully saturated rings. The van der Waals surface area contributed by atoms with Gasteiger partial charge in [-0.1, -0.05) is 127 Å². The quantitative estimate of drug-likeness (QED) is 0.118. The minimum absolute atomic E-state index is 0.0242. The van der Waals surface area contributed by atoms with Crippen LogP contribution < -0.4 is 10.3 Å². The van der Waals surface area contributed by atoms with Gasteiger partial charge in [-0.3, -0.25) is 9.59 Å². The van der Waals surface area contributed by atoms with Crippen LogP contribution in [0.5, 0.6) is 0 Å². The monoisotopic (exact) mass is 631 g/mol. The maximum Gasteiger partial charge on any atom is 0.266 e. The first-order chi connectivity index (χ1) is 22.1. The van der Waals surface area contributed by atoms with Gasteiger partial charge in [-0.05, 0) is 60.2 Å². The van der Waals surface area contributed by atoms with Crippen LogP contribution in [0.1, 0.15) is 117 Å². The molecule has 1 aromatic heterocycles. The van der Waals surface area contributed by atoms with Gasteiger partial charge in [0.15, 0.2) is 0 Å². The average Bonchev–Trinajstić information content (AvgIpc) is 3.64. The standard InChI is InChI=1S/C35H49N7O2S/c1-3-4-5-6-7-8-9-10-11-12-13-14-15-16-20-23-32(43)36-29-24-26-31(27-25-29)41-34(44)33(28(2)38-41)45-35-37-39-40-42(35)30-21-18-17-19-22-30/h17-19,21-22,24-27,33H,3-16,20,23H2,1-2H3,(H,36,43). The zero-order chi connectivity index (χ0) is 31.7. The van der Waals surface area contributed by atoms with E-state index < -0.39 is 5.25 Å². The van der Waals surface area contributed by atoms with Gasteiger partial charge in [0.1, 0.15) is 5.25 Å². The summed E-state index contributed by atoms with van der Waals surface area (Å²) >= 11 is 1.27. The number of thioether (sulfide) groups is 1. The predicted octanol–water partition coefficient (Wildman–Crippen LogP) is 8.75. The number of rotatable bonds is 21. The van der Waals surface area contributed by atoms with E-state index in [1.807, 2.05) is 49.4 Å². The number of para-hydroxylation sites is 1. The molecule has 9 nitrogen and oxygen atoms in total. The molecule has 3 aromatic rings. The van der Waals surface area contributed by atoms with E-state index in [0.717, 1.165) is 18.5 Å². The van der Waals surface area contributed by atoms with Crippen LogP contribution in [0.15, 0.2) is 64.9 Å². The second kappa shape index (κ2) is 19.1. The van der Waals surface area contributed by atoms with E-state index in [1.54, 1.807) is 16.8 Å². The highest BCUT2D eigenvalue weighted by Gasteiger charge is 2.36. The molecular weight excluding hydrogens is 582 g/mol. The first-order valence-electron chi connectivity index (χ1n) is 16.9. The molecule has 1 atom stereocenters. The first-order valence-corrected chi connectivity index (χ1v) is 17.7. The molecule has 2 amide bonds. The van der Waals surface area contributed by atoms with Crippen LogP contribution in [-0.2, 0) is 9.59 Å². The van der Waals surface area contributed by atoms with Gasteiger partial charge in [0.25, 0.3) is 5.91 Å². The maximum absolute atomic E-state index is 13.3. The Bertz CT molecular complexity index is 1340. The Morgan fingerprint density at radius 1 is 0.778 bits per heavy atom. The second-order valence-corrected chi connectivity index (χ2v) is 13.0. The topological polar surface area (TPSA) is 105 Å². The molecule has 2 heterocycles. The Morgan fingerprint density at radius 3 is 1.96 bits per heavy atom. The lowest BCUT2D eigenvalue weighted by atomic mass is 10.0. The largest absolute Gasteiger partial charge is 0.326 e. The maximum atomic E-state index is 13.3. The van der Waals surface area contributed by atoms with Crippen molar-refractivity contribution in [2.45, 2.75) is 127 Å². The number of tetrazole rings is 1. The number of nitrogens with zero attached hydrogens (tertiary/aromatic N) is 6. The van der Waals surface area contributed by atoms with Crippen molar-refractivity contribution >= 4 is 40.7 Å². The SMILES string of the molecule is CCCCCCCCCCCCCCCCCC(=O)Nc1ccc(N2N=C(C)C(Sc3nnnn3-c3ccccc3)C2=O)cc1. The summed E-state index contributed by atoms with van der Waals surface area (Å²) in [5.74, 6) is -0.138. The summed E-state index contributed by atoms with van der Waals surface area (Å²) in [5, 5.41) is 20.9.